The highest BCUT2D eigenvalue weighted by atomic mass is 32.2. The van der Waals surface area contributed by atoms with E-state index in [2.05, 4.69) is 20.5 Å². The Balaban J connectivity index is 1.54. The van der Waals surface area contributed by atoms with Gasteiger partial charge < -0.3 is 5.32 Å². The number of nitrogens with one attached hydrogen (secondary N) is 1. The lowest BCUT2D eigenvalue weighted by atomic mass is 10.1. The summed E-state index contributed by atoms with van der Waals surface area (Å²) in [6.45, 7) is 4.08. The van der Waals surface area contributed by atoms with Gasteiger partial charge in [-0.2, -0.15) is 0 Å². The molecule has 26 heavy (non-hydrogen) atoms. The van der Waals surface area contributed by atoms with Crippen LogP contribution in [-0.2, 0) is 4.79 Å². The van der Waals surface area contributed by atoms with E-state index in [9.17, 15) is 4.79 Å². The number of amides is 1. The molecule has 2 heterocycles. The van der Waals surface area contributed by atoms with Crippen molar-refractivity contribution in [2.45, 2.75) is 18.9 Å². The molecule has 0 saturated carbocycles. The van der Waals surface area contributed by atoms with E-state index in [1.165, 1.54) is 17.3 Å². The van der Waals surface area contributed by atoms with Gasteiger partial charge in [0.2, 0.25) is 5.91 Å². The average molecular weight is 363 g/mol. The monoisotopic (exact) mass is 363 g/mol. The molecule has 0 aliphatic carbocycles. The van der Waals surface area contributed by atoms with Crippen LogP contribution in [0.25, 0.3) is 16.7 Å². The van der Waals surface area contributed by atoms with Gasteiger partial charge in [0.1, 0.15) is 11.4 Å². The number of carbonyl (C=O) groups is 1. The van der Waals surface area contributed by atoms with Crippen molar-refractivity contribution >= 4 is 40.0 Å². The number of thioether (sulfide) groups is 1. The molecule has 2 aromatic heterocycles. The van der Waals surface area contributed by atoms with Crippen LogP contribution in [0.1, 0.15) is 11.1 Å². The Bertz CT molecular complexity index is 1120. The normalized spacial score (nSPS) is 11.2. The molecule has 130 valence electrons. The fourth-order valence-corrected chi connectivity index (χ4v) is 3.50. The molecule has 0 bridgehead atoms. The van der Waals surface area contributed by atoms with E-state index < -0.39 is 0 Å². The van der Waals surface area contributed by atoms with Crippen molar-refractivity contribution in [2.24, 2.45) is 0 Å². The maximum Gasteiger partial charge on any atom is 0.234 e. The van der Waals surface area contributed by atoms with Crippen molar-refractivity contribution in [1.82, 2.24) is 19.6 Å². The quantitative estimate of drug-likeness (QED) is 0.561. The smallest absolute Gasteiger partial charge is 0.234 e. The predicted octanol–water partition coefficient (Wildman–Crippen LogP) is 3.63. The number of benzene rings is 2. The summed E-state index contributed by atoms with van der Waals surface area (Å²) in [6, 6.07) is 13.7. The predicted molar refractivity (Wildman–Crippen MR) is 104 cm³/mol. The minimum absolute atomic E-state index is 0.0779. The number of aromatic nitrogens is 4. The maximum atomic E-state index is 12.3. The van der Waals surface area contributed by atoms with E-state index in [0.717, 1.165) is 22.3 Å². The summed E-state index contributed by atoms with van der Waals surface area (Å²) >= 11 is 1.36. The lowest BCUT2D eigenvalue weighted by Gasteiger charge is -2.08. The first-order valence-electron chi connectivity index (χ1n) is 8.20. The molecule has 0 aliphatic heterocycles. The van der Waals surface area contributed by atoms with Crippen molar-refractivity contribution in [3.63, 3.8) is 0 Å². The largest absolute Gasteiger partial charge is 0.325 e. The minimum atomic E-state index is -0.0779. The van der Waals surface area contributed by atoms with Crippen LogP contribution in [-0.4, -0.2) is 31.2 Å². The molecular weight excluding hydrogens is 346 g/mol. The number of carbonyl (C=O) groups excluding carboxylic acids is 1. The Kier molecular flexibility index (Phi) is 4.30. The summed E-state index contributed by atoms with van der Waals surface area (Å²) < 4.78 is 1.89. The SMILES string of the molecule is Cc1ccc(NC(=O)CSc2nc3ccccc3n3cnnc23)cc1C. The number of aryl methyl sites for hydroxylation is 2. The Hall–Kier alpha value is -2.93. The highest BCUT2D eigenvalue weighted by Gasteiger charge is 2.12. The highest BCUT2D eigenvalue weighted by Crippen LogP contribution is 2.24. The van der Waals surface area contributed by atoms with Gasteiger partial charge in [-0.25, -0.2) is 4.98 Å². The fraction of sp³-hybridized carbons (Fsp3) is 0.158. The third-order valence-electron chi connectivity index (χ3n) is 4.23. The molecule has 4 rings (SSSR count). The summed E-state index contributed by atoms with van der Waals surface area (Å²) in [5, 5.41) is 11.8. The Morgan fingerprint density at radius 1 is 1.15 bits per heavy atom. The summed E-state index contributed by atoms with van der Waals surface area (Å²) in [6.07, 6.45) is 1.67. The number of fused-ring (bicyclic) bond motifs is 3. The Morgan fingerprint density at radius 2 is 2.00 bits per heavy atom. The number of hydrogen-bond donors (Lipinski definition) is 1. The summed E-state index contributed by atoms with van der Waals surface area (Å²) in [5.74, 6) is 0.173. The van der Waals surface area contributed by atoms with Crippen LogP contribution < -0.4 is 5.32 Å². The van der Waals surface area contributed by atoms with Gasteiger partial charge in [0.15, 0.2) is 5.65 Å². The molecule has 0 unspecified atom stereocenters. The van der Waals surface area contributed by atoms with Crippen molar-refractivity contribution in [3.8, 4) is 0 Å². The summed E-state index contributed by atoms with van der Waals surface area (Å²) in [7, 11) is 0. The van der Waals surface area contributed by atoms with Crippen molar-refractivity contribution in [3.05, 3.63) is 59.9 Å². The van der Waals surface area contributed by atoms with Gasteiger partial charge in [0.05, 0.1) is 16.8 Å². The second kappa shape index (κ2) is 6.76. The molecule has 0 saturated heterocycles. The molecule has 0 spiro atoms. The number of anilines is 1. The molecule has 7 heteroatoms. The van der Waals surface area contributed by atoms with Crippen LogP contribution in [0.5, 0.6) is 0 Å². The maximum absolute atomic E-state index is 12.3. The molecule has 4 aromatic rings. The van der Waals surface area contributed by atoms with Gasteiger partial charge >= 0.3 is 0 Å². The third kappa shape index (κ3) is 3.13. The zero-order valence-corrected chi connectivity index (χ0v) is 15.2. The molecule has 1 amide bonds. The van der Waals surface area contributed by atoms with Gasteiger partial charge in [-0.1, -0.05) is 30.0 Å². The standard InChI is InChI=1S/C19H17N5OS/c1-12-7-8-14(9-13(12)2)21-17(25)10-26-19-18-23-20-11-24(18)16-6-4-3-5-15(16)22-19/h3-9,11H,10H2,1-2H3,(H,21,25). The van der Waals surface area contributed by atoms with Crippen LogP contribution in [0.3, 0.4) is 0 Å². The van der Waals surface area contributed by atoms with Gasteiger partial charge in [0, 0.05) is 5.69 Å². The summed E-state index contributed by atoms with van der Waals surface area (Å²) in [5.41, 5.74) is 5.60. The highest BCUT2D eigenvalue weighted by molar-refractivity contribution is 8.00. The van der Waals surface area contributed by atoms with Crippen LogP contribution in [0.15, 0.2) is 53.8 Å². The van der Waals surface area contributed by atoms with Crippen LogP contribution in [0, 0.1) is 13.8 Å². The zero-order valence-electron chi connectivity index (χ0n) is 14.4. The van der Waals surface area contributed by atoms with Crippen LogP contribution in [0.4, 0.5) is 5.69 Å². The average Bonchev–Trinajstić information content (AvgIpc) is 3.13. The van der Waals surface area contributed by atoms with Gasteiger partial charge in [-0.05, 0) is 49.2 Å². The summed E-state index contributed by atoms with van der Waals surface area (Å²) in [4.78, 5) is 17.0. The number of hydrogen-bond acceptors (Lipinski definition) is 5. The zero-order chi connectivity index (χ0) is 18.1. The number of nitrogens with zero attached hydrogens (tertiary/aromatic N) is 4. The van der Waals surface area contributed by atoms with E-state index in [4.69, 9.17) is 0 Å². The van der Waals surface area contributed by atoms with Gasteiger partial charge in [-0.15, -0.1) is 10.2 Å². The molecule has 0 atom stereocenters. The molecule has 2 aromatic carbocycles. The molecule has 0 fully saturated rings. The topological polar surface area (TPSA) is 72.2 Å². The Labute approximate surface area is 154 Å². The van der Waals surface area contributed by atoms with E-state index in [0.29, 0.717) is 10.7 Å². The third-order valence-corrected chi connectivity index (χ3v) is 5.19. The molecular formula is C19H17N5OS. The first-order valence-corrected chi connectivity index (χ1v) is 9.19. The molecule has 6 nitrogen and oxygen atoms in total. The van der Waals surface area contributed by atoms with Gasteiger partial charge in [-0.3, -0.25) is 9.20 Å². The lowest BCUT2D eigenvalue weighted by Crippen LogP contribution is -2.14. The van der Waals surface area contributed by atoms with Crippen molar-refractivity contribution in [2.75, 3.05) is 11.1 Å². The van der Waals surface area contributed by atoms with Crippen molar-refractivity contribution in [1.29, 1.82) is 0 Å². The van der Waals surface area contributed by atoms with Crippen molar-refractivity contribution < 1.29 is 4.79 Å². The van der Waals surface area contributed by atoms with E-state index in [-0.39, 0.29) is 11.7 Å². The first-order chi connectivity index (χ1) is 12.6. The second-order valence-corrected chi connectivity index (χ2v) is 7.03. The molecule has 0 radical (unpaired) electrons. The molecule has 1 N–H and O–H groups in total. The van der Waals surface area contributed by atoms with Crippen LogP contribution in [0.2, 0.25) is 0 Å². The number of para-hydroxylation sites is 2. The van der Waals surface area contributed by atoms with Crippen LogP contribution >= 0.6 is 11.8 Å². The van der Waals surface area contributed by atoms with E-state index in [1.807, 2.05) is 60.7 Å². The second-order valence-electron chi connectivity index (χ2n) is 6.07. The first kappa shape index (κ1) is 16.5. The minimum Gasteiger partial charge on any atom is -0.325 e. The molecule has 0 aliphatic rings. The van der Waals surface area contributed by atoms with E-state index in [1.54, 1.807) is 6.33 Å². The van der Waals surface area contributed by atoms with Gasteiger partial charge in [0.25, 0.3) is 0 Å². The Morgan fingerprint density at radius 3 is 2.85 bits per heavy atom. The number of rotatable bonds is 4. The fourth-order valence-electron chi connectivity index (χ4n) is 2.73. The van der Waals surface area contributed by atoms with E-state index >= 15 is 0 Å². The lowest BCUT2D eigenvalue weighted by molar-refractivity contribution is -0.113.